The van der Waals surface area contributed by atoms with E-state index >= 15 is 0 Å². The van der Waals surface area contributed by atoms with Crippen molar-refractivity contribution in [3.63, 3.8) is 0 Å². The molecule has 2 heterocycles. The number of amides is 1. The number of hydrogen-bond donors (Lipinski definition) is 2. The first kappa shape index (κ1) is 17.3. The summed E-state index contributed by atoms with van der Waals surface area (Å²) in [6.45, 7) is 2.10. The summed E-state index contributed by atoms with van der Waals surface area (Å²) in [5, 5.41) is 13.7. The van der Waals surface area contributed by atoms with Crippen molar-refractivity contribution in [2.45, 2.75) is 24.7 Å². The molecule has 0 bridgehead atoms. The van der Waals surface area contributed by atoms with Crippen molar-refractivity contribution >= 4 is 38.1 Å². The van der Waals surface area contributed by atoms with E-state index in [1.165, 1.54) is 12.1 Å². The van der Waals surface area contributed by atoms with Crippen molar-refractivity contribution in [3.8, 4) is 0 Å². The first-order chi connectivity index (χ1) is 11.8. The highest BCUT2D eigenvalue weighted by Crippen LogP contribution is 2.29. The predicted molar refractivity (Wildman–Crippen MR) is 91.4 cm³/mol. The van der Waals surface area contributed by atoms with Gasteiger partial charge >= 0.3 is 0 Å². The van der Waals surface area contributed by atoms with Gasteiger partial charge in [0.05, 0.1) is 15.5 Å². The van der Waals surface area contributed by atoms with E-state index in [1.807, 2.05) is 0 Å². The highest BCUT2D eigenvalue weighted by Gasteiger charge is 2.25. The van der Waals surface area contributed by atoms with Crippen LogP contribution in [-0.4, -0.2) is 30.8 Å². The van der Waals surface area contributed by atoms with Crippen LogP contribution in [0.15, 0.2) is 23.1 Å². The lowest BCUT2D eigenvalue weighted by Crippen LogP contribution is -2.21. The number of fused-ring (bicyclic) bond motifs is 1. The molecule has 0 saturated heterocycles. The van der Waals surface area contributed by atoms with E-state index in [2.05, 4.69) is 15.0 Å². The summed E-state index contributed by atoms with van der Waals surface area (Å²) < 4.78 is 27.5. The number of nitrogens with one attached hydrogen (secondary N) is 2. The van der Waals surface area contributed by atoms with Gasteiger partial charge in [0.1, 0.15) is 4.88 Å². The monoisotopic (exact) mass is 382 g/mol. The Kier molecular flexibility index (Phi) is 4.43. The highest BCUT2D eigenvalue weighted by atomic mass is 32.2. The Labute approximate surface area is 147 Å². The molecule has 0 spiro atoms. The summed E-state index contributed by atoms with van der Waals surface area (Å²) in [6, 6.07) is 3.62. The van der Waals surface area contributed by atoms with Crippen LogP contribution in [0.4, 0.5) is 10.8 Å². The molecule has 2 aromatic rings. The van der Waals surface area contributed by atoms with Crippen molar-refractivity contribution in [1.82, 2.24) is 10.3 Å². The largest absolute Gasteiger partial charge is 0.351 e. The zero-order valence-corrected chi connectivity index (χ0v) is 14.7. The van der Waals surface area contributed by atoms with E-state index in [9.17, 15) is 23.3 Å². The summed E-state index contributed by atoms with van der Waals surface area (Å²) in [7, 11) is -4.06. The van der Waals surface area contributed by atoms with Gasteiger partial charge in [0.15, 0.2) is 5.13 Å². The zero-order chi connectivity index (χ0) is 18.2. The van der Waals surface area contributed by atoms with Crippen molar-refractivity contribution in [1.29, 1.82) is 0 Å². The molecule has 0 radical (unpaired) electrons. The van der Waals surface area contributed by atoms with E-state index in [1.54, 1.807) is 6.92 Å². The smallest absolute Gasteiger partial charge is 0.270 e. The van der Waals surface area contributed by atoms with E-state index in [4.69, 9.17) is 0 Å². The SMILES string of the molecule is Cc1ccc([N+](=O)[O-])cc1S(=O)(=O)Nc1nc2c(s1)C(=O)NCCC2. The number of carbonyl (C=O) groups is 1. The minimum Gasteiger partial charge on any atom is -0.351 e. The second-order valence-corrected chi connectivity index (χ2v) is 8.12. The number of benzene rings is 1. The molecule has 0 atom stereocenters. The summed E-state index contributed by atoms with van der Waals surface area (Å²) in [5.74, 6) is -0.276. The minimum absolute atomic E-state index is 0.0629. The summed E-state index contributed by atoms with van der Waals surface area (Å²) >= 11 is 0.947. The Morgan fingerprint density at radius 3 is 2.88 bits per heavy atom. The fourth-order valence-electron chi connectivity index (χ4n) is 2.44. The Bertz CT molecular complexity index is 968. The maximum Gasteiger partial charge on any atom is 0.270 e. The molecule has 1 amide bonds. The third-order valence-corrected chi connectivity index (χ3v) is 6.30. The Morgan fingerprint density at radius 1 is 1.40 bits per heavy atom. The predicted octanol–water partition coefficient (Wildman–Crippen LogP) is 1.84. The standard InChI is InChI=1S/C14H14N4O5S2/c1-8-4-5-9(18(20)21)7-11(8)25(22,23)17-14-16-10-3-2-6-15-13(19)12(10)24-14/h4-5,7H,2-3,6H2,1H3,(H,15,19)(H,16,17). The number of carbonyl (C=O) groups excluding carboxylic acids is 1. The Hall–Kier alpha value is -2.53. The molecule has 1 aliphatic heterocycles. The fourth-order valence-corrected chi connectivity index (χ4v) is 4.87. The number of aryl methyl sites for hydroxylation is 2. The lowest BCUT2D eigenvalue weighted by molar-refractivity contribution is -0.385. The summed E-state index contributed by atoms with van der Waals surface area (Å²) in [5.41, 5.74) is 0.600. The topological polar surface area (TPSA) is 131 Å². The van der Waals surface area contributed by atoms with Gasteiger partial charge < -0.3 is 5.32 Å². The number of aromatic nitrogens is 1. The van der Waals surface area contributed by atoms with Gasteiger partial charge in [0.25, 0.3) is 21.6 Å². The van der Waals surface area contributed by atoms with Gasteiger partial charge in [0, 0.05) is 18.7 Å². The number of rotatable bonds is 4. The van der Waals surface area contributed by atoms with Gasteiger partial charge in [-0.1, -0.05) is 17.4 Å². The van der Waals surface area contributed by atoms with Gasteiger partial charge in [-0.05, 0) is 25.3 Å². The number of non-ortho nitro benzene ring substituents is 1. The van der Waals surface area contributed by atoms with Gasteiger partial charge in [0.2, 0.25) is 0 Å². The molecule has 1 aromatic heterocycles. The molecule has 1 aliphatic rings. The number of nitro groups is 1. The van der Waals surface area contributed by atoms with Crippen LogP contribution < -0.4 is 10.0 Å². The summed E-state index contributed by atoms with van der Waals surface area (Å²) in [6.07, 6.45) is 1.29. The zero-order valence-electron chi connectivity index (χ0n) is 13.1. The lowest BCUT2D eigenvalue weighted by atomic mass is 10.2. The van der Waals surface area contributed by atoms with Crippen LogP contribution in [0.1, 0.15) is 27.3 Å². The van der Waals surface area contributed by atoms with Crippen molar-refractivity contribution < 1.29 is 18.1 Å². The van der Waals surface area contributed by atoms with E-state index in [0.717, 1.165) is 23.8 Å². The molecule has 11 heteroatoms. The fraction of sp³-hybridized carbons (Fsp3) is 0.286. The minimum atomic E-state index is -4.06. The number of nitrogens with zero attached hydrogens (tertiary/aromatic N) is 2. The maximum absolute atomic E-state index is 12.6. The molecular weight excluding hydrogens is 368 g/mol. The molecule has 25 heavy (non-hydrogen) atoms. The molecule has 1 aromatic carbocycles. The highest BCUT2D eigenvalue weighted by molar-refractivity contribution is 7.93. The molecule has 3 rings (SSSR count). The second-order valence-electron chi connectivity index (χ2n) is 5.47. The molecule has 0 saturated carbocycles. The van der Waals surface area contributed by atoms with Crippen LogP contribution in [0.3, 0.4) is 0 Å². The van der Waals surface area contributed by atoms with E-state index < -0.39 is 14.9 Å². The molecule has 2 N–H and O–H groups in total. The molecule has 0 unspecified atom stereocenters. The third kappa shape index (κ3) is 3.46. The van der Waals surface area contributed by atoms with Gasteiger partial charge in [-0.3, -0.25) is 19.6 Å². The van der Waals surface area contributed by atoms with Gasteiger partial charge in [-0.15, -0.1) is 0 Å². The van der Waals surface area contributed by atoms with Gasteiger partial charge in [-0.25, -0.2) is 13.4 Å². The van der Waals surface area contributed by atoms with Crippen molar-refractivity contribution in [3.05, 3.63) is 44.4 Å². The third-order valence-electron chi connectivity index (χ3n) is 3.67. The average Bonchev–Trinajstić information content (AvgIpc) is 2.85. The first-order valence-corrected chi connectivity index (χ1v) is 9.63. The Morgan fingerprint density at radius 2 is 2.16 bits per heavy atom. The number of thiazole rings is 1. The van der Waals surface area contributed by atoms with E-state index in [0.29, 0.717) is 29.1 Å². The van der Waals surface area contributed by atoms with Crippen LogP contribution in [0.2, 0.25) is 0 Å². The number of sulfonamides is 1. The molecule has 0 aliphatic carbocycles. The first-order valence-electron chi connectivity index (χ1n) is 7.34. The molecule has 132 valence electrons. The number of hydrogen-bond acceptors (Lipinski definition) is 7. The van der Waals surface area contributed by atoms with Crippen LogP contribution >= 0.6 is 11.3 Å². The normalized spacial score (nSPS) is 14.4. The maximum atomic E-state index is 12.6. The van der Waals surface area contributed by atoms with Crippen molar-refractivity contribution in [2.75, 3.05) is 11.3 Å². The van der Waals surface area contributed by atoms with E-state index in [-0.39, 0.29) is 21.6 Å². The van der Waals surface area contributed by atoms with Crippen LogP contribution in [0.5, 0.6) is 0 Å². The number of anilines is 1. The molecule has 0 fully saturated rings. The lowest BCUT2D eigenvalue weighted by Gasteiger charge is -2.08. The molecular formula is C14H14N4O5S2. The number of nitro benzene ring substituents is 1. The second kappa shape index (κ2) is 6.41. The Balaban J connectivity index is 1.95. The summed E-state index contributed by atoms with van der Waals surface area (Å²) in [4.78, 5) is 26.5. The van der Waals surface area contributed by atoms with Crippen molar-refractivity contribution in [2.24, 2.45) is 0 Å². The van der Waals surface area contributed by atoms with Crippen LogP contribution in [0, 0.1) is 17.0 Å². The van der Waals surface area contributed by atoms with Crippen LogP contribution in [-0.2, 0) is 16.4 Å². The average molecular weight is 382 g/mol. The van der Waals surface area contributed by atoms with Crippen LogP contribution in [0.25, 0.3) is 0 Å². The molecule has 9 nitrogen and oxygen atoms in total. The quantitative estimate of drug-likeness (QED) is 0.613. The van der Waals surface area contributed by atoms with Gasteiger partial charge in [-0.2, -0.15) is 0 Å².